The summed E-state index contributed by atoms with van der Waals surface area (Å²) in [5, 5.41) is 7.77. The van der Waals surface area contributed by atoms with Gasteiger partial charge in [0.1, 0.15) is 24.7 Å². The van der Waals surface area contributed by atoms with Crippen molar-refractivity contribution in [2.45, 2.75) is 39.3 Å². The number of aryl methyl sites for hydroxylation is 1. The van der Waals surface area contributed by atoms with E-state index in [2.05, 4.69) is 20.5 Å². The summed E-state index contributed by atoms with van der Waals surface area (Å²) in [5.74, 6) is 1.67. The molecule has 5 rings (SSSR count). The lowest BCUT2D eigenvalue weighted by molar-refractivity contribution is 0.183. The highest BCUT2D eigenvalue weighted by molar-refractivity contribution is 6.05. The van der Waals surface area contributed by atoms with Crippen LogP contribution in [0.25, 0.3) is 10.8 Å². The lowest BCUT2D eigenvalue weighted by atomic mass is 10.0. The van der Waals surface area contributed by atoms with Gasteiger partial charge in [-0.15, -0.1) is 0 Å². The number of likely N-dealkylation sites (tertiary alicyclic amines) is 1. The molecule has 7 nitrogen and oxygen atoms in total. The number of nitrogens with zero attached hydrogens (tertiary/aromatic N) is 2. The maximum Gasteiger partial charge on any atom is 0.319 e. The molecular formula is C32H36N4O3. The molecule has 3 aromatic carbocycles. The minimum Gasteiger partial charge on any atom is -0.492 e. The number of anilines is 1. The van der Waals surface area contributed by atoms with E-state index in [9.17, 15) is 4.79 Å². The number of aromatic nitrogens is 1. The molecule has 202 valence electrons. The standard InChI is InChI=1S/C32H36N4O3/c1-24-21-30(39-23-25-12-14-27(15-13-25)38-20-19-36-17-7-2-8-18-36)28-10-3-4-11-29(28)31(24)35-32(37)34-22-26-9-5-6-16-33-26/h3-6,9-16,21H,2,7-8,17-20,22-23H2,1H3,(H2,34,35,37). The summed E-state index contributed by atoms with van der Waals surface area (Å²) < 4.78 is 12.2. The van der Waals surface area contributed by atoms with E-state index >= 15 is 0 Å². The summed E-state index contributed by atoms with van der Waals surface area (Å²) in [6, 6.07) is 23.4. The van der Waals surface area contributed by atoms with Crippen molar-refractivity contribution < 1.29 is 14.3 Å². The summed E-state index contributed by atoms with van der Waals surface area (Å²) in [5.41, 5.74) is 3.56. The van der Waals surface area contributed by atoms with Crippen molar-refractivity contribution >= 4 is 22.5 Å². The highest BCUT2D eigenvalue weighted by Crippen LogP contribution is 2.35. The van der Waals surface area contributed by atoms with Gasteiger partial charge in [-0.3, -0.25) is 9.88 Å². The average molecular weight is 525 g/mol. The Balaban J connectivity index is 1.19. The maximum absolute atomic E-state index is 12.7. The van der Waals surface area contributed by atoms with Gasteiger partial charge in [-0.25, -0.2) is 4.79 Å². The van der Waals surface area contributed by atoms with E-state index < -0.39 is 0 Å². The zero-order valence-electron chi connectivity index (χ0n) is 22.5. The van der Waals surface area contributed by atoms with Crippen molar-refractivity contribution in [2.24, 2.45) is 0 Å². The molecule has 0 spiro atoms. The summed E-state index contributed by atoms with van der Waals surface area (Å²) in [4.78, 5) is 19.4. The summed E-state index contributed by atoms with van der Waals surface area (Å²) in [7, 11) is 0. The second kappa shape index (κ2) is 13.1. The molecular weight excluding hydrogens is 488 g/mol. The fourth-order valence-corrected chi connectivity index (χ4v) is 4.91. The second-order valence-electron chi connectivity index (χ2n) is 9.92. The molecule has 2 heterocycles. The first-order valence-electron chi connectivity index (χ1n) is 13.7. The molecule has 1 aliphatic rings. The van der Waals surface area contributed by atoms with Gasteiger partial charge < -0.3 is 20.1 Å². The van der Waals surface area contributed by atoms with Crippen LogP contribution in [0.4, 0.5) is 10.5 Å². The lowest BCUT2D eigenvalue weighted by Crippen LogP contribution is -2.33. The fraction of sp³-hybridized carbons (Fsp3) is 0.312. The number of carbonyl (C=O) groups is 1. The maximum atomic E-state index is 12.7. The molecule has 39 heavy (non-hydrogen) atoms. The number of nitrogens with one attached hydrogen (secondary N) is 2. The zero-order chi connectivity index (χ0) is 26.9. The van der Waals surface area contributed by atoms with Crippen molar-refractivity contribution in [1.29, 1.82) is 0 Å². The molecule has 0 radical (unpaired) electrons. The van der Waals surface area contributed by atoms with E-state index in [0.29, 0.717) is 19.8 Å². The number of pyridine rings is 1. The van der Waals surface area contributed by atoms with Gasteiger partial charge >= 0.3 is 6.03 Å². The minimum absolute atomic E-state index is 0.277. The number of fused-ring (bicyclic) bond motifs is 1. The Labute approximate surface area is 230 Å². The van der Waals surface area contributed by atoms with Crippen LogP contribution < -0.4 is 20.1 Å². The highest BCUT2D eigenvalue weighted by atomic mass is 16.5. The predicted molar refractivity (Wildman–Crippen MR) is 155 cm³/mol. The molecule has 4 aromatic rings. The van der Waals surface area contributed by atoms with E-state index in [0.717, 1.165) is 51.3 Å². The fourth-order valence-electron chi connectivity index (χ4n) is 4.91. The van der Waals surface area contributed by atoms with E-state index in [1.54, 1.807) is 6.20 Å². The SMILES string of the molecule is Cc1cc(OCc2ccc(OCCN3CCCCC3)cc2)c2ccccc2c1NC(=O)NCc1ccccn1. The summed E-state index contributed by atoms with van der Waals surface area (Å²) in [6.07, 6.45) is 5.65. The van der Waals surface area contributed by atoms with Crippen molar-refractivity contribution in [3.63, 3.8) is 0 Å². The number of benzene rings is 3. The molecule has 2 amide bonds. The van der Waals surface area contributed by atoms with Gasteiger partial charge in [0.2, 0.25) is 0 Å². The second-order valence-corrected chi connectivity index (χ2v) is 9.92. The predicted octanol–water partition coefficient (Wildman–Crippen LogP) is 6.31. The van der Waals surface area contributed by atoms with E-state index in [4.69, 9.17) is 9.47 Å². The molecule has 1 fully saturated rings. The number of urea groups is 1. The van der Waals surface area contributed by atoms with Gasteiger partial charge in [-0.05, 0) is 74.3 Å². The van der Waals surface area contributed by atoms with Gasteiger partial charge in [-0.2, -0.15) is 0 Å². The Morgan fingerprint density at radius 3 is 2.46 bits per heavy atom. The summed E-state index contributed by atoms with van der Waals surface area (Å²) >= 11 is 0. The largest absolute Gasteiger partial charge is 0.492 e. The van der Waals surface area contributed by atoms with Crippen LogP contribution in [0.1, 0.15) is 36.1 Å². The Bertz CT molecular complexity index is 1370. The first-order chi connectivity index (χ1) is 19.2. The minimum atomic E-state index is -0.277. The molecule has 0 unspecified atom stereocenters. The van der Waals surface area contributed by atoms with Crippen LogP contribution in [-0.4, -0.2) is 42.2 Å². The lowest BCUT2D eigenvalue weighted by Gasteiger charge is -2.26. The Hall–Kier alpha value is -4.10. The Morgan fingerprint density at radius 1 is 0.923 bits per heavy atom. The molecule has 1 saturated heterocycles. The third-order valence-corrected chi connectivity index (χ3v) is 7.04. The van der Waals surface area contributed by atoms with Crippen molar-refractivity contribution in [3.05, 3.63) is 95.8 Å². The number of ether oxygens (including phenoxy) is 2. The van der Waals surface area contributed by atoms with Crippen LogP contribution in [-0.2, 0) is 13.2 Å². The van der Waals surface area contributed by atoms with E-state index in [-0.39, 0.29) is 6.03 Å². The van der Waals surface area contributed by atoms with Crippen LogP contribution >= 0.6 is 0 Å². The molecule has 0 saturated carbocycles. The topological polar surface area (TPSA) is 75.7 Å². The molecule has 2 N–H and O–H groups in total. The Morgan fingerprint density at radius 2 is 1.69 bits per heavy atom. The van der Waals surface area contributed by atoms with Gasteiger partial charge in [0.05, 0.1) is 17.9 Å². The number of carbonyl (C=O) groups excluding carboxylic acids is 1. The van der Waals surface area contributed by atoms with Crippen LogP contribution in [0.15, 0.2) is 79.0 Å². The third-order valence-electron chi connectivity index (χ3n) is 7.04. The van der Waals surface area contributed by atoms with Crippen LogP contribution in [0.5, 0.6) is 11.5 Å². The van der Waals surface area contributed by atoms with Crippen LogP contribution in [0.2, 0.25) is 0 Å². The molecule has 0 aliphatic carbocycles. The van der Waals surface area contributed by atoms with Crippen LogP contribution in [0.3, 0.4) is 0 Å². The first-order valence-corrected chi connectivity index (χ1v) is 13.7. The van der Waals surface area contributed by atoms with E-state index in [1.807, 2.05) is 79.7 Å². The highest BCUT2D eigenvalue weighted by Gasteiger charge is 2.14. The van der Waals surface area contributed by atoms with Crippen molar-refractivity contribution in [2.75, 3.05) is 31.6 Å². The number of amides is 2. The third kappa shape index (κ3) is 7.27. The number of rotatable bonds is 10. The van der Waals surface area contributed by atoms with Crippen molar-refractivity contribution in [1.82, 2.24) is 15.2 Å². The van der Waals surface area contributed by atoms with Gasteiger partial charge in [0.15, 0.2) is 0 Å². The smallest absolute Gasteiger partial charge is 0.319 e. The average Bonchev–Trinajstić information content (AvgIpc) is 2.98. The molecule has 0 atom stereocenters. The monoisotopic (exact) mass is 524 g/mol. The molecule has 0 bridgehead atoms. The number of piperidine rings is 1. The molecule has 1 aromatic heterocycles. The zero-order valence-corrected chi connectivity index (χ0v) is 22.5. The van der Waals surface area contributed by atoms with Crippen LogP contribution in [0, 0.1) is 6.92 Å². The molecule has 1 aliphatic heterocycles. The van der Waals surface area contributed by atoms with Gasteiger partial charge in [-0.1, -0.05) is 48.9 Å². The quantitative estimate of drug-likeness (QED) is 0.254. The Kier molecular flexibility index (Phi) is 8.91. The van der Waals surface area contributed by atoms with E-state index in [1.165, 1.54) is 32.4 Å². The van der Waals surface area contributed by atoms with Gasteiger partial charge in [0, 0.05) is 23.5 Å². The first kappa shape index (κ1) is 26.5. The molecule has 7 heteroatoms. The van der Waals surface area contributed by atoms with Crippen molar-refractivity contribution in [3.8, 4) is 11.5 Å². The number of hydrogen-bond acceptors (Lipinski definition) is 5. The number of hydrogen-bond donors (Lipinski definition) is 2. The normalized spacial score (nSPS) is 13.7. The van der Waals surface area contributed by atoms with Gasteiger partial charge in [0.25, 0.3) is 0 Å². The summed E-state index contributed by atoms with van der Waals surface area (Å²) in [6.45, 7) is 6.83.